The summed E-state index contributed by atoms with van der Waals surface area (Å²) in [5, 5.41) is 3.48. The van der Waals surface area contributed by atoms with E-state index in [2.05, 4.69) is 15.3 Å². The van der Waals surface area contributed by atoms with Crippen molar-refractivity contribution in [3.05, 3.63) is 42.1 Å². The molecule has 0 radical (unpaired) electrons. The van der Waals surface area contributed by atoms with Gasteiger partial charge in [-0.05, 0) is 32.8 Å². The van der Waals surface area contributed by atoms with Crippen LogP contribution in [0.3, 0.4) is 0 Å². The van der Waals surface area contributed by atoms with Crippen molar-refractivity contribution in [2.75, 3.05) is 0 Å². The van der Waals surface area contributed by atoms with E-state index in [0.717, 1.165) is 29.8 Å². The Bertz CT molecular complexity index is 671. The molecule has 1 heterocycles. The second-order valence-electron chi connectivity index (χ2n) is 5.59. The lowest BCUT2D eigenvalue weighted by Crippen LogP contribution is -2.32. The Balaban J connectivity index is 1.76. The number of hydrogen-bond acceptors (Lipinski definition) is 4. The van der Waals surface area contributed by atoms with Crippen LogP contribution in [-0.2, 0) is 4.79 Å². The third-order valence-electron chi connectivity index (χ3n) is 3.48. The number of carbonyl (C=O) groups is 1. The summed E-state index contributed by atoms with van der Waals surface area (Å²) in [4.78, 5) is 21.1. The van der Waals surface area contributed by atoms with Gasteiger partial charge in [-0.25, -0.2) is 9.97 Å². The first-order valence-corrected chi connectivity index (χ1v) is 8.38. The van der Waals surface area contributed by atoms with E-state index in [1.165, 1.54) is 11.8 Å². The minimum Gasteiger partial charge on any atom is -0.352 e. The molecule has 0 bridgehead atoms. The molecule has 1 aliphatic rings. The molecule has 0 saturated heterocycles. The number of amides is 1. The third-order valence-corrected chi connectivity index (χ3v) is 4.44. The molecule has 22 heavy (non-hydrogen) atoms. The summed E-state index contributed by atoms with van der Waals surface area (Å²) in [5.74, 6) is 0.0684. The van der Waals surface area contributed by atoms with E-state index in [4.69, 9.17) is 0 Å². The van der Waals surface area contributed by atoms with Crippen LogP contribution in [0.15, 0.2) is 41.6 Å². The first kappa shape index (κ1) is 15.0. The summed E-state index contributed by atoms with van der Waals surface area (Å²) >= 11 is 1.41. The van der Waals surface area contributed by atoms with Crippen LogP contribution in [0.2, 0.25) is 0 Å². The Hall–Kier alpha value is -1.88. The van der Waals surface area contributed by atoms with E-state index in [1.807, 2.05) is 50.2 Å². The molecule has 3 rings (SSSR count). The van der Waals surface area contributed by atoms with Gasteiger partial charge >= 0.3 is 0 Å². The fourth-order valence-corrected chi connectivity index (χ4v) is 2.95. The van der Waals surface area contributed by atoms with Gasteiger partial charge in [-0.2, -0.15) is 0 Å². The van der Waals surface area contributed by atoms with Gasteiger partial charge in [0, 0.05) is 17.3 Å². The van der Waals surface area contributed by atoms with Crippen LogP contribution in [0, 0.1) is 6.92 Å². The van der Waals surface area contributed by atoms with Gasteiger partial charge in [-0.3, -0.25) is 4.79 Å². The van der Waals surface area contributed by atoms with Gasteiger partial charge in [0.05, 0.1) is 10.9 Å². The van der Waals surface area contributed by atoms with Gasteiger partial charge in [0.25, 0.3) is 0 Å². The molecule has 1 aromatic heterocycles. The summed E-state index contributed by atoms with van der Waals surface area (Å²) in [7, 11) is 0. The van der Waals surface area contributed by atoms with Crippen LogP contribution < -0.4 is 5.32 Å². The van der Waals surface area contributed by atoms with E-state index >= 15 is 0 Å². The largest absolute Gasteiger partial charge is 0.352 e. The Morgan fingerprint density at radius 1 is 1.27 bits per heavy atom. The topological polar surface area (TPSA) is 54.9 Å². The van der Waals surface area contributed by atoms with Crippen LogP contribution in [0.25, 0.3) is 11.3 Å². The highest BCUT2D eigenvalue weighted by molar-refractivity contribution is 8.00. The number of aromatic nitrogens is 2. The number of hydrogen-bond donors (Lipinski definition) is 1. The molecule has 1 aromatic carbocycles. The van der Waals surface area contributed by atoms with Crippen LogP contribution in [0.4, 0.5) is 0 Å². The molecule has 2 aromatic rings. The smallest absolute Gasteiger partial charge is 0.233 e. The predicted octanol–water partition coefficient (Wildman–Crippen LogP) is 3.21. The molecule has 4 nitrogen and oxygen atoms in total. The first-order valence-electron chi connectivity index (χ1n) is 7.50. The zero-order valence-electron chi connectivity index (χ0n) is 12.7. The summed E-state index contributed by atoms with van der Waals surface area (Å²) < 4.78 is 0. The van der Waals surface area contributed by atoms with Crippen molar-refractivity contribution < 1.29 is 4.79 Å². The van der Waals surface area contributed by atoms with Crippen molar-refractivity contribution in [2.24, 2.45) is 0 Å². The van der Waals surface area contributed by atoms with Crippen LogP contribution in [0.5, 0.6) is 0 Å². The monoisotopic (exact) mass is 313 g/mol. The van der Waals surface area contributed by atoms with E-state index in [1.54, 1.807) is 0 Å². The van der Waals surface area contributed by atoms with Crippen molar-refractivity contribution in [3.8, 4) is 11.3 Å². The molecular weight excluding hydrogens is 294 g/mol. The minimum atomic E-state index is -0.189. The van der Waals surface area contributed by atoms with Crippen molar-refractivity contribution in [3.63, 3.8) is 0 Å². The first-order chi connectivity index (χ1) is 10.6. The van der Waals surface area contributed by atoms with E-state index in [0.29, 0.717) is 11.2 Å². The number of carbonyl (C=O) groups excluding carboxylic acids is 1. The molecule has 1 saturated carbocycles. The molecule has 0 aliphatic heterocycles. The average Bonchev–Trinajstić information content (AvgIpc) is 3.31. The predicted molar refractivity (Wildman–Crippen MR) is 88.7 cm³/mol. The van der Waals surface area contributed by atoms with Gasteiger partial charge in [0.2, 0.25) is 5.91 Å². The Labute approximate surface area is 134 Å². The van der Waals surface area contributed by atoms with Gasteiger partial charge in [-0.15, -0.1) is 0 Å². The highest BCUT2D eigenvalue weighted by atomic mass is 32.2. The van der Waals surface area contributed by atoms with Crippen molar-refractivity contribution in [1.29, 1.82) is 0 Å². The molecule has 114 valence electrons. The fraction of sp³-hybridized carbons (Fsp3) is 0.353. The maximum absolute atomic E-state index is 12.1. The average molecular weight is 313 g/mol. The maximum atomic E-state index is 12.1. The molecule has 0 unspecified atom stereocenters. The quantitative estimate of drug-likeness (QED) is 0.680. The number of aryl methyl sites for hydroxylation is 1. The van der Waals surface area contributed by atoms with Crippen molar-refractivity contribution in [2.45, 2.75) is 43.1 Å². The zero-order chi connectivity index (χ0) is 15.5. The zero-order valence-corrected chi connectivity index (χ0v) is 13.6. The Morgan fingerprint density at radius 3 is 2.68 bits per heavy atom. The Morgan fingerprint density at radius 2 is 2.00 bits per heavy atom. The lowest BCUT2D eigenvalue weighted by atomic mass is 10.1. The van der Waals surface area contributed by atoms with E-state index < -0.39 is 0 Å². The molecule has 1 atom stereocenters. The molecule has 1 fully saturated rings. The second kappa shape index (κ2) is 6.48. The number of nitrogens with one attached hydrogen (secondary N) is 1. The number of benzene rings is 1. The number of thioether (sulfide) groups is 1. The molecule has 1 aliphatic carbocycles. The number of nitrogens with zero attached hydrogens (tertiary/aromatic N) is 2. The summed E-state index contributed by atoms with van der Waals surface area (Å²) in [5.41, 5.74) is 2.86. The minimum absolute atomic E-state index is 0.0684. The van der Waals surface area contributed by atoms with Gasteiger partial charge < -0.3 is 5.32 Å². The van der Waals surface area contributed by atoms with E-state index in [-0.39, 0.29) is 11.2 Å². The molecule has 1 N–H and O–H groups in total. The molecule has 0 spiro atoms. The Kier molecular flexibility index (Phi) is 4.43. The standard InChI is InChI=1S/C17H19N3OS/c1-11-10-15(13-6-4-3-5-7-13)20-17(18-11)22-12(2)16(21)19-14-8-9-14/h3-7,10,12,14H,8-9H2,1-2H3,(H,19,21)/t12-/m0/s1. The lowest BCUT2D eigenvalue weighted by Gasteiger charge is -2.11. The molecular formula is C17H19N3OS. The van der Waals surface area contributed by atoms with Gasteiger partial charge in [-0.1, -0.05) is 42.1 Å². The highest BCUT2D eigenvalue weighted by Crippen LogP contribution is 2.25. The number of rotatable bonds is 5. The van der Waals surface area contributed by atoms with Gasteiger partial charge in [0.1, 0.15) is 0 Å². The van der Waals surface area contributed by atoms with E-state index in [9.17, 15) is 4.79 Å². The molecule has 1 amide bonds. The second-order valence-corrected chi connectivity index (χ2v) is 6.89. The third kappa shape index (κ3) is 3.85. The van der Waals surface area contributed by atoms with Crippen LogP contribution in [0.1, 0.15) is 25.5 Å². The SMILES string of the molecule is Cc1cc(-c2ccccc2)nc(S[C@@H](C)C(=O)NC2CC2)n1. The van der Waals surface area contributed by atoms with Crippen LogP contribution in [-0.4, -0.2) is 27.2 Å². The van der Waals surface area contributed by atoms with Crippen molar-refractivity contribution in [1.82, 2.24) is 15.3 Å². The lowest BCUT2D eigenvalue weighted by molar-refractivity contribution is -0.120. The normalized spacial score (nSPS) is 15.4. The summed E-state index contributed by atoms with van der Waals surface area (Å²) in [6, 6.07) is 12.4. The summed E-state index contributed by atoms with van der Waals surface area (Å²) in [6.07, 6.45) is 2.20. The highest BCUT2D eigenvalue weighted by Gasteiger charge is 2.26. The molecule has 5 heteroatoms. The summed E-state index contributed by atoms with van der Waals surface area (Å²) in [6.45, 7) is 3.85. The maximum Gasteiger partial charge on any atom is 0.233 e. The van der Waals surface area contributed by atoms with Crippen molar-refractivity contribution >= 4 is 17.7 Å². The van der Waals surface area contributed by atoms with Crippen LogP contribution >= 0.6 is 11.8 Å². The van der Waals surface area contributed by atoms with Gasteiger partial charge in [0.15, 0.2) is 5.16 Å². The fourth-order valence-electron chi connectivity index (χ4n) is 2.11.